The lowest BCUT2D eigenvalue weighted by atomic mass is 10.1. The average molecular weight is 541 g/mol. The van der Waals surface area contributed by atoms with Crippen LogP contribution in [0.2, 0.25) is 5.02 Å². The average Bonchev–Trinajstić information content (AvgIpc) is 3.47. The van der Waals surface area contributed by atoms with E-state index in [1.54, 1.807) is 16.9 Å². The van der Waals surface area contributed by atoms with E-state index in [1.165, 1.54) is 23.9 Å². The van der Waals surface area contributed by atoms with E-state index in [0.717, 1.165) is 27.5 Å². The number of aromatic nitrogens is 4. The third-order valence-electron chi connectivity index (χ3n) is 5.74. The van der Waals surface area contributed by atoms with Gasteiger partial charge in [-0.15, -0.1) is 11.3 Å². The predicted octanol–water partition coefficient (Wildman–Crippen LogP) is 4.68. The van der Waals surface area contributed by atoms with Gasteiger partial charge in [-0.1, -0.05) is 11.6 Å². The van der Waals surface area contributed by atoms with Crippen LogP contribution in [0, 0.1) is 24.1 Å². The van der Waals surface area contributed by atoms with Gasteiger partial charge in [0.1, 0.15) is 10.4 Å². The normalized spacial score (nSPS) is 11.6. The number of benzene rings is 1. The highest BCUT2D eigenvalue weighted by Crippen LogP contribution is 2.39. The Bertz CT molecular complexity index is 1720. The van der Waals surface area contributed by atoms with E-state index in [0.29, 0.717) is 28.2 Å². The van der Waals surface area contributed by atoms with E-state index in [9.17, 15) is 19.2 Å². The molecule has 0 amide bonds. The lowest BCUT2D eigenvalue weighted by Gasteiger charge is -2.12. The molecule has 0 radical (unpaired) electrons. The van der Waals surface area contributed by atoms with Gasteiger partial charge < -0.3 is 4.74 Å². The van der Waals surface area contributed by atoms with Gasteiger partial charge in [0.05, 0.1) is 42.0 Å². The van der Waals surface area contributed by atoms with E-state index >= 15 is 0 Å². The van der Waals surface area contributed by atoms with Crippen molar-refractivity contribution in [3.8, 4) is 22.3 Å². The van der Waals surface area contributed by atoms with Crippen LogP contribution in [0.5, 0.6) is 5.75 Å². The fourth-order valence-electron chi connectivity index (χ4n) is 3.99. The van der Waals surface area contributed by atoms with Gasteiger partial charge in [-0.25, -0.2) is 13.8 Å². The zero-order chi connectivity index (χ0) is 26.9. The first kappa shape index (κ1) is 26.1. The van der Waals surface area contributed by atoms with Crippen molar-refractivity contribution in [3.63, 3.8) is 0 Å². The summed E-state index contributed by atoms with van der Waals surface area (Å²) in [7, 11) is 1.34. The fourth-order valence-corrected chi connectivity index (χ4v) is 5.42. The van der Waals surface area contributed by atoms with Crippen molar-refractivity contribution < 1.29 is 9.13 Å². The first-order chi connectivity index (χ1) is 17.7. The van der Waals surface area contributed by atoms with Crippen molar-refractivity contribution in [1.29, 1.82) is 5.26 Å². The number of methoxy groups -OCH3 is 1. The lowest BCUT2D eigenvalue weighted by Crippen LogP contribution is -2.39. The standard InChI is InChI=1S/C25H22ClFN6O3S/c1-5-31-13-14(2)22(30-31)19(12-29-3)33-24(34)23-18(32(25(33)35)8-6-7-28)11-21(37-23)15-9-20(36-4)17(27)10-16(15)26/h9-13H,3,5-6,8H2,1-2,4H3/b19-12+. The molecule has 0 aliphatic rings. The van der Waals surface area contributed by atoms with Crippen LogP contribution >= 0.6 is 22.9 Å². The number of halogens is 2. The Morgan fingerprint density at radius 2 is 2.14 bits per heavy atom. The number of rotatable bonds is 8. The molecule has 3 heterocycles. The van der Waals surface area contributed by atoms with Crippen molar-refractivity contribution in [3.05, 3.63) is 73.5 Å². The molecule has 0 aliphatic heterocycles. The van der Waals surface area contributed by atoms with Gasteiger partial charge in [0.15, 0.2) is 11.6 Å². The van der Waals surface area contributed by atoms with Crippen LogP contribution in [0.15, 0.2) is 45.2 Å². The second kappa shape index (κ2) is 10.5. The number of nitriles is 1. The Hall–Kier alpha value is -4.01. The molecule has 0 saturated carbocycles. The smallest absolute Gasteiger partial charge is 0.336 e. The van der Waals surface area contributed by atoms with Gasteiger partial charge in [0.2, 0.25) is 0 Å². The zero-order valence-corrected chi connectivity index (χ0v) is 21.9. The summed E-state index contributed by atoms with van der Waals surface area (Å²) in [6.45, 7) is 7.86. The summed E-state index contributed by atoms with van der Waals surface area (Å²) in [4.78, 5) is 31.9. The number of fused-ring (bicyclic) bond motifs is 1. The molecule has 0 N–H and O–H groups in total. The summed E-state index contributed by atoms with van der Waals surface area (Å²) < 4.78 is 23.5. The lowest BCUT2D eigenvalue weighted by molar-refractivity contribution is 0.387. The molecule has 0 aliphatic carbocycles. The molecule has 4 rings (SSSR count). The first-order valence-corrected chi connectivity index (χ1v) is 12.4. The van der Waals surface area contributed by atoms with Crippen molar-refractivity contribution >= 4 is 45.6 Å². The van der Waals surface area contributed by atoms with Crippen LogP contribution in [0.4, 0.5) is 4.39 Å². The maximum absolute atomic E-state index is 14.1. The number of hydrogen-bond acceptors (Lipinski definition) is 7. The number of thiophene rings is 1. The van der Waals surface area contributed by atoms with Crippen molar-refractivity contribution in [2.75, 3.05) is 7.11 Å². The molecule has 37 heavy (non-hydrogen) atoms. The monoisotopic (exact) mass is 540 g/mol. The molecular weight excluding hydrogens is 519 g/mol. The Labute approximate surface area is 219 Å². The zero-order valence-electron chi connectivity index (χ0n) is 20.3. The van der Waals surface area contributed by atoms with Crippen LogP contribution in [0.25, 0.3) is 26.4 Å². The van der Waals surface area contributed by atoms with Crippen molar-refractivity contribution in [2.24, 2.45) is 4.99 Å². The molecule has 0 bridgehead atoms. The van der Waals surface area contributed by atoms with Crippen LogP contribution in [-0.4, -0.2) is 32.7 Å². The molecule has 0 atom stereocenters. The largest absolute Gasteiger partial charge is 0.494 e. The number of ether oxygens (including phenoxy) is 1. The van der Waals surface area contributed by atoms with Crippen LogP contribution < -0.4 is 16.0 Å². The van der Waals surface area contributed by atoms with Gasteiger partial charge in [0, 0.05) is 29.7 Å². The highest BCUT2D eigenvalue weighted by atomic mass is 35.5. The number of hydrogen-bond donors (Lipinski definition) is 0. The minimum Gasteiger partial charge on any atom is -0.494 e. The second-order valence-electron chi connectivity index (χ2n) is 7.99. The van der Waals surface area contributed by atoms with E-state index in [-0.39, 0.29) is 34.1 Å². The third kappa shape index (κ3) is 4.61. The van der Waals surface area contributed by atoms with Crippen LogP contribution in [0.1, 0.15) is 24.6 Å². The second-order valence-corrected chi connectivity index (χ2v) is 9.45. The molecular formula is C25H22ClFN6O3S. The van der Waals surface area contributed by atoms with Gasteiger partial charge in [-0.2, -0.15) is 10.4 Å². The Morgan fingerprint density at radius 1 is 1.38 bits per heavy atom. The number of aryl methyl sites for hydroxylation is 3. The quantitative estimate of drug-likeness (QED) is 0.302. The molecule has 4 aromatic rings. The van der Waals surface area contributed by atoms with Crippen molar-refractivity contribution in [1.82, 2.24) is 18.9 Å². The molecule has 1 aromatic carbocycles. The Balaban J connectivity index is 2.06. The molecule has 190 valence electrons. The summed E-state index contributed by atoms with van der Waals surface area (Å²) in [6.07, 6.45) is 3.15. The Kier molecular flexibility index (Phi) is 7.42. The Morgan fingerprint density at radius 3 is 2.76 bits per heavy atom. The minimum absolute atomic E-state index is 0.0135. The van der Waals surface area contributed by atoms with Gasteiger partial charge in [-0.05, 0) is 44.3 Å². The third-order valence-corrected chi connectivity index (χ3v) is 7.20. The van der Waals surface area contributed by atoms with Gasteiger partial charge in [-0.3, -0.25) is 19.0 Å². The van der Waals surface area contributed by atoms with E-state index < -0.39 is 17.1 Å². The molecule has 3 aromatic heterocycles. The highest BCUT2D eigenvalue weighted by molar-refractivity contribution is 7.22. The molecule has 0 unspecified atom stereocenters. The summed E-state index contributed by atoms with van der Waals surface area (Å²) in [5, 5.41) is 13.8. The fraction of sp³-hybridized carbons (Fsp3) is 0.240. The SMILES string of the molecule is C=N/C=C(\c1nn(CC)cc1C)n1c(=O)c2sc(-c3cc(OC)c(F)cc3Cl)cc2n(CCC#N)c1=O. The number of aliphatic imine (C=N–C) groups is 1. The molecule has 12 heteroatoms. The maximum Gasteiger partial charge on any atom is 0.336 e. The summed E-state index contributed by atoms with van der Waals surface area (Å²) in [5.74, 6) is -0.639. The summed E-state index contributed by atoms with van der Waals surface area (Å²) in [5.41, 5.74) is 0.843. The molecule has 0 fully saturated rings. The summed E-state index contributed by atoms with van der Waals surface area (Å²) in [6, 6.07) is 6.24. The predicted molar refractivity (Wildman–Crippen MR) is 143 cm³/mol. The first-order valence-electron chi connectivity index (χ1n) is 11.2. The highest BCUT2D eigenvalue weighted by Gasteiger charge is 2.23. The summed E-state index contributed by atoms with van der Waals surface area (Å²) >= 11 is 7.42. The van der Waals surface area contributed by atoms with Crippen LogP contribution in [-0.2, 0) is 13.1 Å². The van der Waals surface area contributed by atoms with Gasteiger partial charge in [0.25, 0.3) is 5.56 Å². The molecule has 0 saturated heterocycles. The van der Waals surface area contributed by atoms with Gasteiger partial charge >= 0.3 is 5.69 Å². The molecule has 0 spiro atoms. The topological polar surface area (TPSA) is 107 Å². The van der Waals surface area contributed by atoms with E-state index in [4.69, 9.17) is 16.3 Å². The van der Waals surface area contributed by atoms with E-state index in [2.05, 4.69) is 16.8 Å². The minimum atomic E-state index is -0.653. The van der Waals surface area contributed by atoms with Crippen molar-refractivity contribution in [2.45, 2.75) is 33.4 Å². The van der Waals surface area contributed by atoms with E-state index in [1.807, 2.05) is 19.9 Å². The van der Waals surface area contributed by atoms with Crippen LogP contribution in [0.3, 0.4) is 0 Å². The molecule has 9 nitrogen and oxygen atoms in total. The number of nitrogens with zero attached hydrogens (tertiary/aromatic N) is 6. The maximum atomic E-state index is 14.1.